The molecule has 0 aromatic rings. The van der Waals surface area contributed by atoms with Crippen molar-refractivity contribution >= 4 is 19.8 Å². The topological polar surface area (TPSA) is 111 Å². The highest BCUT2D eigenvalue weighted by Crippen LogP contribution is 2.38. The first-order valence-corrected chi connectivity index (χ1v) is 39.2. The number of carbonyl (C=O) groups is 2. The summed E-state index contributed by atoms with van der Waals surface area (Å²) in [5.41, 5.74) is 0. The standard InChI is InChI=1S/C76H146NO8P/c1-6-8-10-12-14-16-18-20-22-24-26-28-30-32-34-36-37-38-39-41-43-45-47-49-51-53-55-57-59-61-63-65-67-69-76(79)85-74(73-84-86(80,81)83-71-70-77(3,4)5)72-82-75(78)68-66-64-62-60-58-56-54-52-50-48-46-44-42-40-35-33-31-29-27-25-23-21-19-17-15-13-11-9-7-2/h18,20,24-27,74H,6-17,19,21-23,28-73H2,1-5H3/b20-18-,26-24-,27-25-. The summed E-state index contributed by atoms with van der Waals surface area (Å²) in [5.74, 6) is -0.809. The number of carbonyl (C=O) groups excluding carboxylic acids is 2. The van der Waals surface area contributed by atoms with E-state index in [1.165, 1.54) is 315 Å². The first-order valence-electron chi connectivity index (χ1n) is 37.7. The van der Waals surface area contributed by atoms with Crippen LogP contribution in [0.3, 0.4) is 0 Å². The third-order valence-electron chi connectivity index (χ3n) is 17.1. The minimum Gasteiger partial charge on any atom is -0.756 e. The van der Waals surface area contributed by atoms with Gasteiger partial charge in [-0.1, -0.05) is 339 Å². The van der Waals surface area contributed by atoms with Gasteiger partial charge in [-0.2, -0.15) is 0 Å². The molecule has 508 valence electrons. The molecule has 0 aliphatic heterocycles. The molecule has 0 N–H and O–H groups in total. The number of hydrogen-bond acceptors (Lipinski definition) is 8. The van der Waals surface area contributed by atoms with Crippen LogP contribution in [0, 0.1) is 0 Å². The predicted octanol–water partition coefficient (Wildman–Crippen LogP) is 24.0. The number of likely N-dealkylation sites (N-methyl/N-ethyl adjacent to an activating group) is 1. The van der Waals surface area contributed by atoms with Gasteiger partial charge in [0, 0.05) is 12.8 Å². The Morgan fingerprint density at radius 3 is 0.930 bits per heavy atom. The lowest BCUT2D eigenvalue weighted by Crippen LogP contribution is -2.37. The maximum absolute atomic E-state index is 12.9. The maximum Gasteiger partial charge on any atom is 0.306 e. The summed E-state index contributed by atoms with van der Waals surface area (Å²) in [7, 11) is 1.19. The maximum atomic E-state index is 12.9. The zero-order valence-electron chi connectivity index (χ0n) is 58.0. The molecule has 0 bridgehead atoms. The van der Waals surface area contributed by atoms with Crippen molar-refractivity contribution in [3.05, 3.63) is 36.5 Å². The molecular formula is C76H146NO8P. The number of phosphoric ester groups is 1. The Labute approximate surface area is 535 Å². The van der Waals surface area contributed by atoms with Gasteiger partial charge in [-0.15, -0.1) is 0 Å². The Morgan fingerprint density at radius 2 is 0.628 bits per heavy atom. The molecule has 10 heteroatoms. The quantitative estimate of drug-likeness (QED) is 0.0195. The van der Waals surface area contributed by atoms with Crippen LogP contribution in [0.4, 0.5) is 0 Å². The highest BCUT2D eigenvalue weighted by molar-refractivity contribution is 7.45. The van der Waals surface area contributed by atoms with Crippen LogP contribution in [0.5, 0.6) is 0 Å². The van der Waals surface area contributed by atoms with Gasteiger partial charge in [0.05, 0.1) is 27.7 Å². The highest BCUT2D eigenvalue weighted by Gasteiger charge is 2.22. The van der Waals surface area contributed by atoms with Gasteiger partial charge in [0.25, 0.3) is 7.82 Å². The van der Waals surface area contributed by atoms with E-state index >= 15 is 0 Å². The van der Waals surface area contributed by atoms with Gasteiger partial charge in [-0.25, -0.2) is 0 Å². The second kappa shape index (κ2) is 67.6. The smallest absolute Gasteiger partial charge is 0.306 e. The van der Waals surface area contributed by atoms with Crippen LogP contribution >= 0.6 is 7.82 Å². The van der Waals surface area contributed by atoms with Gasteiger partial charge in [0.2, 0.25) is 0 Å². The summed E-state index contributed by atoms with van der Waals surface area (Å²) in [6.45, 7) is 4.30. The van der Waals surface area contributed by atoms with Crippen molar-refractivity contribution in [2.75, 3.05) is 47.5 Å². The van der Waals surface area contributed by atoms with E-state index in [2.05, 4.69) is 50.3 Å². The van der Waals surface area contributed by atoms with Crippen molar-refractivity contribution in [2.45, 2.75) is 392 Å². The average Bonchev–Trinajstić information content (AvgIpc) is 3.70. The Morgan fingerprint density at radius 1 is 0.360 bits per heavy atom. The van der Waals surface area contributed by atoms with Crippen LogP contribution in [0.15, 0.2) is 36.5 Å². The zero-order valence-corrected chi connectivity index (χ0v) is 58.9. The summed E-state index contributed by atoms with van der Waals surface area (Å²) in [6, 6.07) is 0. The normalized spacial score (nSPS) is 13.2. The van der Waals surface area contributed by atoms with Gasteiger partial charge in [0.1, 0.15) is 19.8 Å². The Kier molecular flexibility index (Phi) is 66.2. The van der Waals surface area contributed by atoms with E-state index in [1.807, 2.05) is 21.1 Å². The molecular weight excluding hydrogens is 1090 g/mol. The lowest BCUT2D eigenvalue weighted by molar-refractivity contribution is -0.870. The summed E-state index contributed by atoms with van der Waals surface area (Å²) in [6.07, 6.45) is 86.8. The molecule has 86 heavy (non-hydrogen) atoms. The Balaban J connectivity index is 3.95. The molecule has 0 rings (SSSR count). The number of allylic oxidation sites excluding steroid dienone is 6. The van der Waals surface area contributed by atoms with E-state index in [9.17, 15) is 19.0 Å². The molecule has 0 amide bonds. The van der Waals surface area contributed by atoms with E-state index in [0.717, 1.165) is 38.5 Å². The van der Waals surface area contributed by atoms with Gasteiger partial charge in [-0.05, 0) is 70.6 Å². The van der Waals surface area contributed by atoms with E-state index in [4.69, 9.17) is 18.5 Å². The van der Waals surface area contributed by atoms with Crippen LogP contribution in [0.2, 0.25) is 0 Å². The first-order chi connectivity index (χ1) is 42.0. The van der Waals surface area contributed by atoms with E-state index < -0.39 is 26.5 Å². The number of phosphoric acid groups is 1. The summed E-state index contributed by atoms with van der Waals surface area (Å²) >= 11 is 0. The lowest BCUT2D eigenvalue weighted by atomic mass is 10.0. The second-order valence-electron chi connectivity index (χ2n) is 27.0. The molecule has 0 radical (unpaired) electrons. The molecule has 9 nitrogen and oxygen atoms in total. The van der Waals surface area contributed by atoms with Crippen LogP contribution in [-0.2, 0) is 32.7 Å². The number of rotatable bonds is 71. The number of esters is 2. The molecule has 0 heterocycles. The average molecular weight is 1230 g/mol. The third kappa shape index (κ3) is 71.3. The molecule has 0 fully saturated rings. The van der Waals surface area contributed by atoms with Crippen LogP contribution in [0.25, 0.3) is 0 Å². The predicted molar refractivity (Wildman–Crippen MR) is 370 cm³/mol. The fraction of sp³-hybridized carbons (Fsp3) is 0.895. The molecule has 2 unspecified atom stereocenters. The Bertz CT molecular complexity index is 1540. The fourth-order valence-corrected chi connectivity index (χ4v) is 12.1. The van der Waals surface area contributed by atoms with Gasteiger partial charge in [0.15, 0.2) is 6.10 Å². The van der Waals surface area contributed by atoms with Crippen molar-refractivity contribution < 1.29 is 42.1 Å². The number of unbranched alkanes of at least 4 members (excludes halogenated alkanes) is 51. The van der Waals surface area contributed by atoms with Crippen molar-refractivity contribution in [1.29, 1.82) is 0 Å². The minimum atomic E-state index is -4.64. The van der Waals surface area contributed by atoms with Crippen LogP contribution in [-0.4, -0.2) is 70.0 Å². The first kappa shape index (κ1) is 84.2. The molecule has 0 aromatic heterocycles. The minimum absolute atomic E-state index is 0.0276. The third-order valence-corrected chi connectivity index (χ3v) is 18.1. The molecule has 0 spiro atoms. The number of hydrogen-bond donors (Lipinski definition) is 0. The number of nitrogens with zero attached hydrogens (tertiary/aromatic N) is 1. The highest BCUT2D eigenvalue weighted by atomic mass is 31.2. The molecule has 0 saturated carbocycles. The zero-order chi connectivity index (χ0) is 62.6. The summed E-state index contributed by atoms with van der Waals surface area (Å²) in [5, 5.41) is 0. The van der Waals surface area contributed by atoms with Gasteiger partial charge < -0.3 is 27.9 Å². The van der Waals surface area contributed by atoms with Crippen molar-refractivity contribution in [1.82, 2.24) is 0 Å². The largest absolute Gasteiger partial charge is 0.756 e. The van der Waals surface area contributed by atoms with Gasteiger partial charge >= 0.3 is 11.9 Å². The van der Waals surface area contributed by atoms with E-state index in [-0.39, 0.29) is 32.0 Å². The monoisotopic (exact) mass is 1230 g/mol. The van der Waals surface area contributed by atoms with E-state index in [0.29, 0.717) is 17.4 Å². The lowest BCUT2D eigenvalue weighted by Gasteiger charge is -2.28. The molecule has 0 aliphatic carbocycles. The Hall–Kier alpha value is -1.77. The van der Waals surface area contributed by atoms with Crippen molar-refractivity contribution in [3.63, 3.8) is 0 Å². The van der Waals surface area contributed by atoms with Crippen LogP contribution < -0.4 is 4.89 Å². The van der Waals surface area contributed by atoms with E-state index in [1.54, 1.807) is 0 Å². The molecule has 0 aliphatic rings. The second-order valence-corrected chi connectivity index (χ2v) is 28.4. The summed E-state index contributed by atoms with van der Waals surface area (Å²) < 4.78 is 34.4. The summed E-state index contributed by atoms with van der Waals surface area (Å²) in [4.78, 5) is 38.1. The number of ether oxygens (including phenoxy) is 2. The molecule has 0 aromatic carbocycles. The number of quaternary nitrogens is 1. The fourth-order valence-electron chi connectivity index (χ4n) is 11.3. The molecule has 0 saturated heterocycles. The van der Waals surface area contributed by atoms with Crippen molar-refractivity contribution in [2.24, 2.45) is 0 Å². The van der Waals surface area contributed by atoms with Gasteiger partial charge in [-0.3, -0.25) is 14.2 Å². The SMILES string of the molecule is CCCCCCC/C=C\C/C=C\CCCCCCCCCCCCCCCCCCCCCCCC(=O)OC(COC(=O)CCCCCCCCCCCCCCCCCCC/C=C\CCCCCCCCCC)COP(=O)([O-])OCC[N+](C)(C)C. The van der Waals surface area contributed by atoms with Crippen LogP contribution in [0.1, 0.15) is 386 Å². The molecule has 2 atom stereocenters. The van der Waals surface area contributed by atoms with Crippen molar-refractivity contribution in [3.8, 4) is 0 Å².